The number of hydrogen-bond acceptors (Lipinski definition) is 3. The van der Waals surface area contributed by atoms with Crippen LogP contribution in [0.2, 0.25) is 0 Å². The highest BCUT2D eigenvalue weighted by molar-refractivity contribution is 4.99. The number of nitrogens with zero attached hydrogens (tertiary/aromatic N) is 2. The lowest BCUT2D eigenvalue weighted by molar-refractivity contribution is -0.808. The summed E-state index contributed by atoms with van der Waals surface area (Å²) < 4.78 is 4.50. The molecule has 0 spiro atoms. The third-order valence-electron chi connectivity index (χ3n) is 2.66. The third-order valence-corrected chi connectivity index (χ3v) is 2.66. The standard InChI is InChI=1S/C11H20N2O2/c1-3-4-5-6-7-8-9-11-10(2)12-15-13(11)14/h3-9H2,1-2H3. The molecule has 0 aliphatic heterocycles. The van der Waals surface area contributed by atoms with Gasteiger partial charge in [-0.25, -0.2) is 0 Å². The predicted octanol–water partition coefficient (Wildman–Crippen LogP) is 2.52. The van der Waals surface area contributed by atoms with Crippen molar-refractivity contribution in [3.8, 4) is 0 Å². The molecule has 0 N–H and O–H groups in total. The van der Waals surface area contributed by atoms with Crippen molar-refractivity contribution in [2.45, 2.75) is 58.8 Å². The van der Waals surface area contributed by atoms with Gasteiger partial charge in [-0.1, -0.05) is 39.0 Å². The first kappa shape index (κ1) is 12.0. The SMILES string of the molecule is CCCCCCCCc1c(C)no[n+]1[O-]. The molecule has 0 bridgehead atoms. The molecule has 0 aliphatic carbocycles. The van der Waals surface area contributed by atoms with Crippen molar-refractivity contribution in [2.75, 3.05) is 0 Å². The number of unbranched alkanes of at least 4 members (excludes halogenated alkanes) is 5. The van der Waals surface area contributed by atoms with Gasteiger partial charge in [-0.05, 0) is 11.3 Å². The minimum Gasteiger partial charge on any atom is -0.359 e. The van der Waals surface area contributed by atoms with Crippen LogP contribution in [0.4, 0.5) is 0 Å². The van der Waals surface area contributed by atoms with Crippen LogP contribution in [0.1, 0.15) is 56.8 Å². The molecule has 0 fully saturated rings. The van der Waals surface area contributed by atoms with Crippen LogP contribution in [0.25, 0.3) is 0 Å². The molecule has 0 amide bonds. The van der Waals surface area contributed by atoms with Gasteiger partial charge in [0, 0.05) is 18.5 Å². The highest BCUT2D eigenvalue weighted by atomic mass is 16.8. The first-order valence-corrected chi connectivity index (χ1v) is 5.81. The van der Waals surface area contributed by atoms with Crippen LogP contribution in [-0.4, -0.2) is 5.16 Å². The van der Waals surface area contributed by atoms with Gasteiger partial charge in [0.05, 0.1) is 0 Å². The lowest BCUT2D eigenvalue weighted by atomic mass is 10.1. The Kier molecular flexibility index (Phi) is 5.15. The molecular weight excluding hydrogens is 192 g/mol. The van der Waals surface area contributed by atoms with E-state index in [1.807, 2.05) is 6.92 Å². The maximum absolute atomic E-state index is 11.1. The smallest absolute Gasteiger partial charge is 0.218 e. The second-order valence-corrected chi connectivity index (χ2v) is 3.98. The van der Waals surface area contributed by atoms with E-state index in [0.717, 1.165) is 18.5 Å². The fourth-order valence-corrected chi connectivity index (χ4v) is 1.68. The van der Waals surface area contributed by atoms with Gasteiger partial charge in [0.25, 0.3) is 0 Å². The van der Waals surface area contributed by atoms with Crippen molar-refractivity contribution < 1.29 is 9.53 Å². The Morgan fingerprint density at radius 1 is 1.20 bits per heavy atom. The lowest BCUT2D eigenvalue weighted by Gasteiger charge is -1.99. The molecule has 86 valence electrons. The molecule has 0 aliphatic rings. The van der Waals surface area contributed by atoms with Gasteiger partial charge < -0.3 is 5.21 Å². The molecule has 1 aromatic rings. The summed E-state index contributed by atoms with van der Waals surface area (Å²) in [4.78, 5) is 0.529. The second kappa shape index (κ2) is 6.43. The minimum atomic E-state index is 0.529. The lowest BCUT2D eigenvalue weighted by Crippen LogP contribution is -2.28. The third kappa shape index (κ3) is 3.90. The Morgan fingerprint density at radius 3 is 2.47 bits per heavy atom. The zero-order chi connectivity index (χ0) is 11.1. The van der Waals surface area contributed by atoms with E-state index < -0.39 is 0 Å². The van der Waals surface area contributed by atoms with Gasteiger partial charge in [0.15, 0.2) is 5.69 Å². The molecular formula is C11H20N2O2. The summed E-state index contributed by atoms with van der Waals surface area (Å²) in [5.41, 5.74) is 1.41. The van der Waals surface area contributed by atoms with Crippen molar-refractivity contribution in [3.63, 3.8) is 0 Å². The molecule has 0 saturated carbocycles. The van der Waals surface area contributed by atoms with E-state index in [1.165, 1.54) is 32.1 Å². The molecule has 0 radical (unpaired) electrons. The number of hydrogen-bond donors (Lipinski definition) is 0. The summed E-state index contributed by atoms with van der Waals surface area (Å²) in [5.74, 6) is 0. The molecule has 1 heterocycles. The Morgan fingerprint density at radius 2 is 1.87 bits per heavy atom. The van der Waals surface area contributed by atoms with Crippen LogP contribution in [0.5, 0.6) is 0 Å². The maximum atomic E-state index is 11.1. The van der Waals surface area contributed by atoms with Crippen LogP contribution in [0.3, 0.4) is 0 Å². The van der Waals surface area contributed by atoms with Crippen molar-refractivity contribution in [1.29, 1.82) is 0 Å². The van der Waals surface area contributed by atoms with Crippen LogP contribution in [0.15, 0.2) is 4.63 Å². The number of rotatable bonds is 7. The normalized spacial score (nSPS) is 10.8. The molecule has 0 atom stereocenters. The van der Waals surface area contributed by atoms with E-state index in [0.29, 0.717) is 10.6 Å². The first-order valence-electron chi connectivity index (χ1n) is 5.81. The van der Waals surface area contributed by atoms with Crippen LogP contribution >= 0.6 is 0 Å². The quantitative estimate of drug-likeness (QED) is 0.515. The average Bonchev–Trinajstić information content (AvgIpc) is 2.54. The molecule has 1 aromatic heterocycles. The molecule has 0 unspecified atom stereocenters. The van der Waals surface area contributed by atoms with Crippen LogP contribution in [-0.2, 0) is 6.42 Å². The minimum absolute atomic E-state index is 0.529. The van der Waals surface area contributed by atoms with E-state index in [4.69, 9.17) is 0 Å². The van der Waals surface area contributed by atoms with Crippen LogP contribution in [0, 0.1) is 12.1 Å². The fraction of sp³-hybridized carbons (Fsp3) is 0.818. The summed E-state index contributed by atoms with van der Waals surface area (Å²) in [6.45, 7) is 4.02. The van der Waals surface area contributed by atoms with E-state index in [9.17, 15) is 5.21 Å². The summed E-state index contributed by atoms with van der Waals surface area (Å²) in [7, 11) is 0. The maximum Gasteiger partial charge on any atom is 0.218 e. The molecule has 0 saturated heterocycles. The Bertz CT molecular complexity index is 265. The zero-order valence-corrected chi connectivity index (χ0v) is 9.66. The largest absolute Gasteiger partial charge is 0.359 e. The van der Waals surface area contributed by atoms with Crippen molar-refractivity contribution in [3.05, 3.63) is 16.6 Å². The van der Waals surface area contributed by atoms with Crippen molar-refractivity contribution in [2.24, 2.45) is 0 Å². The van der Waals surface area contributed by atoms with Crippen molar-refractivity contribution >= 4 is 0 Å². The fourth-order valence-electron chi connectivity index (χ4n) is 1.68. The average molecular weight is 212 g/mol. The van der Waals surface area contributed by atoms with Gasteiger partial charge in [-0.2, -0.15) is 0 Å². The number of aromatic nitrogens is 2. The monoisotopic (exact) mass is 212 g/mol. The zero-order valence-electron chi connectivity index (χ0n) is 9.66. The Labute approximate surface area is 90.8 Å². The highest BCUT2D eigenvalue weighted by Gasteiger charge is 2.12. The summed E-state index contributed by atoms with van der Waals surface area (Å²) in [5, 5.41) is 14.7. The van der Waals surface area contributed by atoms with Gasteiger partial charge in [0.1, 0.15) is 0 Å². The van der Waals surface area contributed by atoms with Gasteiger partial charge >= 0.3 is 0 Å². The summed E-state index contributed by atoms with van der Waals surface area (Å²) in [6.07, 6.45) is 8.16. The molecule has 0 aromatic carbocycles. The van der Waals surface area contributed by atoms with E-state index in [1.54, 1.807) is 0 Å². The van der Waals surface area contributed by atoms with E-state index in [-0.39, 0.29) is 0 Å². The highest BCUT2D eigenvalue weighted by Crippen LogP contribution is 2.09. The van der Waals surface area contributed by atoms with E-state index in [2.05, 4.69) is 16.7 Å². The molecule has 1 rings (SSSR count). The second-order valence-electron chi connectivity index (χ2n) is 3.98. The summed E-state index contributed by atoms with van der Waals surface area (Å²) >= 11 is 0. The Hall–Kier alpha value is -1.06. The predicted molar refractivity (Wildman–Crippen MR) is 57.3 cm³/mol. The molecule has 4 heteroatoms. The topological polar surface area (TPSA) is 53.0 Å². The van der Waals surface area contributed by atoms with Gasteiger partial charge in [0.2, 0.25) is 5.69 Å². The van der Waals surface area contributed by atoms with E-state index >= 15 is 0 Å². The molecule has 4 nitrogen and oxygen atoms in total. The van der Waals surface area contributed by atoms with Crippen LogP contribution < -0.4 is 4.90 Å². The summed E-state index contributed by atoms with van der Waals surface area (Å²) in [6, 6.07) is 0. The van der Waals surface area contributed by atoms with Crippen molar-refractivity contribution in [1.82, 2.24) is 5.16 Å². The van der Waals surface area contributed by atoms with Gasteiger partial charge in [-0.15, -0.1) is 0 Å². The molecule has 15 heavy (non-hydrogen) atoms. The van der Waals surface area contributed by atoms with Gasteiger partial charge in [-0.3, -0.25) is 4.63 Å². The first-order chi connectivity index (χ1) is 7.25. The Balaban J connectivity index is 2.15. The number of aryl methyl sites for hydroxylation is 1.